The molecule has 2 aromatic carbocycles. The number of nitrogens with one attached hydrogen (secondary N) is 1. The van der Waals surface area contributed by atoms with E-state index in [0.717, 1.165) is 29.1 Å². The topological polar surface area (TPSA) is 84.9 Å². The molecule has 33 heavy (non-hydrogen) atoms. The van der Waals surface area contributed by atoms with Gasteiger partial charge in [-0.2, -0.15) is 0 Å². The van der Waals surface area contributed by atoms with Crippen molar-refractivity contribution in [2.75, 3.05) is 29.8 Å². The molecule has 0 spiro atoms. The summed E-state index contributed by atoms with van der Waals surface area (Å²) in [5.41, 5.74) is 4.21. The van der Waals surface area contributed by atoms with E-state index in [1.54, 1.807) is 25.1 Å². The summed E-state index contributed by atoms with van der Waals surface area (Å²) in [5, 5.41) is 3.05. The summed E-state index contributed by atoms with van der Waals surface area (Å²) in [7, 11) is -3.68. The zero-order chi connectivity index (χ0) is 23.4. The second-order valence-corrected chi connectivity index (χ2v) is 10.7. The second-order valence-electron chi connectivity index (χ2n) is 8.50. The Balaban J connectivity index is 1.53. The smallest absolute Gasteiger partial charge is 0.241 e. The van der Waals surface area contributed by atoms with Crippen molar-refractivity contribution in [3.8, 4) is 11.5 Å². The molecule has 0 saturated heterocycles. The first kappa shape index (κ1) is 23.4. The average Bonchev–Trinajstić information content (AvgIpc) is 2.85. The van der Waals surface area contributed by atoms with Crippen LogP contribution in [0.15, 0.2) is 36.4 Å². The molecule has 4 rings (SSSR count). The van der Waals surface area contributed by atoms with Crippen LogP contribution in [-0.4, -0.2) is 39.8 Å². The number of hydrogen-bond donors (Lipinski definition) is 1. The molecule has 0 saturated carbocycles. The molecule has 1 N–H and O–H groups in total. The molecule has 1 heterocycles. The van der Waals surface area contributed by atoms with Gasteiger partial charge in [0.1, 0.15) is 19.8 Å². The maximum atomic E-state index is 13.0. The minimum Gasteiger partial charge on any atom is -0.486 e. The molecule has 0 radical (unpaired) electrons. The zero-order valence-corrected chi connectivity index (χ0v) is 20.1. The van der Waals surface area contributed by atoms with Crippen LogP contribution in [0.2, 0.25) is 0 Å². The number of sulfonamides is 1. The molecule has 7 nitrogen and oxygen atoms in total. The summed E-state index contributed by atoms with van der Waals surface area (Å²) in [6.45, 7) is 4.15. The average molecular weight is 473 g/mol. The Morgan fingerprint density at radius 1 is 1.00 bits per heavy atom. The highest BCUT2D eigenvalue weighted by Gasteiger charge is 2.26. The lowest BCUT2D eigenvalue weighted by molar-refractivity contribution is -0.120. The lowest BCUT2D eigenvalue weighted by Crippen LogP contribution is -2.42. The van der Waals surface area contributed by atoms with E-state index in [1.165, 1.54) is 24.0 Å². The summed E-state index contributed by atoms with van der Waals surface area (Å²) < 4.78 is 38.0. The molecule has 178 valence electrons. The van der Waals surface area contributed by atoms with E-state index < -0.39 is 10.0 Å². The number of carbonyl (C=O) groups is 1. The fourth-order valence-electron chi connectivity index (χ4n) is 4.45. The van der Waals surface area contributed by atoms with Crippen LogP contribution in [0.1, 0.15) is 55.8 Å². The fraction of sp³-hybridized carbons (Fsp3) is 0.480. The van der Waals surface area contributed by atoms with E-state index in [-0.39, 0.29) is 24.2 Å². The van der Waals surface area contributed by atoms with Crippen molar-refractivity contribution >= 4 is 21.6 Å². The van der Waals surface area contributed by atoms with Crippen molar-refractivity contribution in [2.24, 2.45) is 0 Å². The molecule has 0 unspecified atom stereocenters. The Labute approximate surface area is 196 Å². The Kier molecular flexibility index (Phi) is 7.12. The third-order valence-corrected chi connectivity index (χ3v) is 8.06. The highest BCUT2D eigenvalue weighted by Crippen LogP contribution is 2.35. The number of ether oxygens (including phenoxy) is 2. The van der Waals surface area contributed by atoms with E-state index in [4.69, 9.17) is 9.47 Å². The van der Waals surface area contributed by atoms with Crippen LogP contribution in [0.4, 0.5) is 5.69 Å². The molecule has 1 amide bonds. The Morgan fingerprint density at radius 2 is 1.73 bits per heavy atom. The van der Waals surface area contributed by atoms with Gasteiger partial charge in [-0.05, 0) is 67.9 Å². The van der Waals surface area contributed by atoms with E-state index in [9.17, 15) is 13.2 Å². The summed E-state index contributed by atoms with van der Waals surface area (Å²) in [4.78, 5) is 13.0. The lowest BCUT2D eigenvalue weighted by atomic mass is 9.89. The summed E-state index contributed by atoms with van der Waals surface area (Å²) >= 11 is 0. The SMILES string of the molecule is CC[C@@H](NC(=O)CN(c1ccc2c(c1)OCCO2)S(=O)(=O)CC)c1ccc2c(c1)CCCC2. The van der Waals surface area contributed by atoms with E-state index >= 15 is 0 Å². The Morgan fingerprint density at radius 3 is 2.45 bits per heavy atom. The van der Waals surface area contributed by atoms with E-state index in [1.807, 2.05) is 6.92 Å². The van der Waals surface area contributed by atoms with Crippen molar-refractivity contribution in [1.82, 2.24) is 5.32 Å². The largest absolute Gasteiger partial charge is 0.486 e. The molecule has 8 heteroatoms. The molecular weight excluding hydrogens is 440 g/mol. The number of nitrogens with zero attached hydrogens (tertiary/aromatic N) is 1. The first-order valence-electron chi connectivity index (χ1n) is 11.7. The van der Waals surface area contributed by atoms with Gasteiger partial charge in [0, 0.05) is 6.07 Å². The minimum absolute atomic E-state index is 0.114. The molecule has 2 aromatic rings. The van der Waals surface area contributed by atoms with Crippen molar-refractivity contribution in [3.63, 3.8) is 0 Å². The van der Waals surface area contributed by atoms with Gasteiger partial charge in [0.2, 0.25) is 15.9 Å². The van der Waals surface area contributed by atoms with Crippen LogP contribution in [-0.2, 0) is 27.7 Å². The van der Waals surface area contributed by atoms with Gasteiger partial charge in [0.05, 0.1) is 17.5 Å². The maximum Gasteiger partial charge on any atom is 0.241 e. The van der Waals surface area contributed by atoms with Crippen LogP contribution >= 0.6 is 0 Å². The second kappa shape index (κ2) is 10.0. The summed E-state index contributed by atoms with van der Waals surface area (Å²) in [6.07, 6.45) is 5.31. The predicted molar refractivity (Wildman–Crippen MR) is 128 cm³/mol. The number of anilines is 1. The third-order valence-electron chi connectivity index (χ3n) is 6.32. The maximum absolute atomic E-state index is 13.0. The molecule has 1 atom stereocenters. The number of amides is 1. The lowest BCUT2D eigenvalue weighted by Gasteiger charge is -2.27. The summed E-state index contributed by atoms with van der Waals surface area (Å²) in [5.74, 6) is 0.598. The van der Waals surface area contributed by atoms with Gasteiger partial charge in [-0.15, -0.1) is 0 Å². The van der Waals surface area contributed by atoms with Crippen molar-refractivity contribution in [3.05, 3.63) is 53.1 Å². The molecule has 1 aliphatic carbocycles. The van der Waals surface area contributed by atoms with E-state index in [0.29, 0.717) is 30.4 Å². The summed E-state index contributed by atoms with van der Waals surface area (Å²) in [6, 6.07) is 11.2. The number of fused-ring (bicyclic) bond motifs is 2. The van der Waals surface area contributed by atoms with Gasteiger partial charge in [-0.25, -0.2) is 8.42 Å². The fourth-order valence-corrected chi connectivity index (χ4v) is 5.52. The highest BCUT2D eigenvalue weighted by molar-refractivity contribution is 7.92. The molecule has 0 aromatic heterocycles. The van der Waals surface area contributed by atoms with Gasteiger partial charge >= 0.3 is 0 Å². The van der Waals surface area contributed by atoms with Crippen LogP contribution in [0.25, 0.3) is 0 Å². The van der Waals surface area contributed by atoms with Gasteiger partial charge in [-0.3, -0.25) is 9.10 Å². The first-order chi connectivity index (χ1) is 15.9. The van der Waals surface area contributed by atoms with Crippen molar-refractivity contribution < 1.29 is 22.7 Å². The number of hydrogen-bond acceptors (Lipinski definition) is 5. The number of aryl methyl sites for hydroxylation is 2. The van der Waals surface area contributed by atoms with Crippen LogP contribution in [0.3, 0.4) is 0 Å². The van der Waals surface area contributed by atoms with Crippen LogP contribution in [0.5, 0.6) is 11.5 Å². The first-order valence-corrected chi connectivity index (χ1v) is 13.3. The molecule has 0 fully saturated rings. The third kappa shape index (κ3) is 5.27. The predicted octanol–water partition coefficient (Wildman–Crippen LogP) is 3.76. The number of benzene rings is 2. The Hall–Kier alpha value is -2.74. The van der Waals surface area contributed by atoms with Gasteiger partial charge in [0.15, 0.2) is 11.5 Å². The molecule has 0 bridgehead atoms. The van der Waals surface area contributed by atoms with Crippen LogP contribution in [0, 0.1) is 0 Å². The quantitative estimate of drug-likeness (QED) is 0.632. The number of rotatable bonds is 8. The Bertz CT molecular complexity index is 1120. The highest BCUT2D eigenvalue weighted by atomic mass is 32.2. The van der Waals surface area contributed by atoms with Gasteiger partial charge in [0.25, 0.3) is 0 Å². The van der Waals surface area contributed by atoms with Crippen molar-refractivity contribution in [2.45, 2.75) is 52.0 Å². The van der Waals surface area contributed by atoms with E-state index in [2.05, 4.69) is 23.5 Å². The molecular formula is C25H32N2O5S. The standard InChI is InChI=1S/C25H32N2O5S/c1-3-22(20-10-9-18-7-5-6-8-19(18)15-20)26-25(28)17-27(33(29,30)4-2)21-11-12-23-24(16-21)32-14-13-31-23/h9-12,15-16,22H,3-8,13-14,17H2,1-2H3,(H,26,28)/t22-/m1/s1. The van der Waals surface area contributed by atoms with Crippen LogP contribution < -0.4 is 19.1 Å². The van der Waals surface area contributed by atoms with Gasteiger partial charge < -0.3 is 14.8 Å². The minimum atomic E-state index is -3.68. The molecule has 2 aliphatic rings. The monoisotopic (exact) mass is 472 g/mol. The normalized spacial score (nSPS) is 15.9. The van der Waals surface area contributed by atoms with Gasteiger partial charge in [-0.1, -0.05) is 25.1 Å². The number of carbonyl (C=O) groups excluding carboxylic acids is 1. The van der Waals surface area contributed by atoms with Crippen molar-refractivity contribution in [1.29, 1.82) is 0 Å². The molecule has 1 aliphatic heterocycles. The zero-order valence-electron chi connectivity index (χ0n) is 19.3.